The second-order valence-electron chi connectivity index (χ2n) is 5.47. The van der Waals surface area contributed by atoms with Gasteiger partial charge in [0.25, 0.3) is 5.91 Å². The molecule has 1 amide bonds. The highest BCUT2D eigenvalue weighted by molar-refractivity contribution is 5.98. The van der Waals surface area contributed by atoms with E-state index in [1.54, 1.807) is 0 Å². The Kier molecular flexibility index (Phi) is 4.19. The summed E-state index contributed by atoms with van der Waals surface area (Å²) >= 11 is 0. The first-order valence-corrected chi connectivity index (χ1v) is 7.42. The summed E-state index contributed by atoms with van der Waals surface area (Å²) in [5.41, 5.74) is 2.42. The monoisotopic (exact) mass is 315 g/mol. The Balaban J connectivity index is 1.75. The van der Waals surface area contributed by atoms with Gasteiger partial charge in [0, 0.05) is 12.5 Å². The largest absolute Gasteiger partial charge is 0.493 e. The van der Waals surface area contributed by atoms with Crippen molar-refractivity contribution in [2.75, 3.05) is 20.8 Å². The normalized spacial score (nSPS) is 15.3. The molecule has 1 N–H and O–H groups in total. The quantitative estimate of drug-likeness (QED) is 0.923. The first-order chi connectivity index (χ1) is 11.2. The minimum absolute atomic E-state index is 0.110. The molecule has 0 aliphatic heterocycles. The van der Waals surface area contributed by atoms with Crippen LogP contribution in [0.1, 0.15) is 27.4 Å². The van der Waals surface area contributed by atoms with E-state index in [4.69, 9.17) is 9.47 Å². The van der Waals surface area contributed by atoms with Crippen molar-refractivity contribution >= 4 is 5.91 Å². The maximum atomic E-state index is 14.1. The summed E-state index contributed by atoms with van der Waals surface area (Å²) in [4.78, 5) is 12.4. The molecule has 0 unspecified atom stereocenters. The Morgan fingerprint density at radius 2 is 2.00 bits per heavy atom. The Morgan fingerprint density at radius 3 is 2.70 bits per heavy atom. The molecular formula is C18H18FNO3. The first-order valence-electron chi connectivity index (χ1n) is 7.42. The second kappa shape index (κ2) is 6.28. The molecule has 0 heterocycles. The van der Waals surface area contributed by atoms with Gasteiger partial charge in [0.1, 0.15) is 11.4 Å². The lowest BCUT2D eigenvalue weighted by molar-refractivity contribution is 0.0942. The van der Waals surface area contributed by atoms with Gasteiger partial charge in [-0.3, -0.25) is 4.79 Å². The van der Waals surface area contributed by atoms with E-state index in [0.29, 0.717) is 12.3 Å². The topological polar surface area (TPSA) is 47.6 Å². The van der Waals surface area contributed by atoms with E-state index in [-0.39, 0.29) is 17.2 Å². The highest BCUT2D eigenvalue weighted by Crippen LogP contribution is 2.35. The van der Waals surface area contributed by atoms with E-state index in [2.05, 4.69) is 17.4 Å². The van der Waals surface area contributed by atoms with Gasteiger partial charge in [-0.25, -0.2) is 4.39 Å². The number of hydrogen-bond donors (Lipinski definition) is 1. The predicted molar refractivity (Wildman–Crippen MR) is 84.7 cm³/mol. The number of nitrogens with one attached hydrogen (secondary N) is 1. The van der Waals surface area contributed by atoms with Crippen LogP contribution in [0.3, 0.4) is 0 Å². The van der Waals surface area contributed by atoms with Crippen LogP contribution in [0.15, 0.2) is 36.4 Å². The van der Waals surface area contributed by atoms with Crippen LogP contribution in [-0.2, 0) is 6.42 Å². The van der Waals surface area contributed by atoms with Gasteiger partial charge in [0.2, 0.25) is 0 Å². The fourth-order valence-electron chi connectivity index (χ4n) is 2.96. The molecule has 0 saturated heterocycles. The summed E-state index contributed by atoms with van der Waals surface area (Å²) < 4.78 is 24.3. The van der Waals surface area contributed by atoms with Crippen LogP contribution in [-0.4, -0.2) is 26.7 Å². The van der Waals surface area contributed by atoms with Gasteiger partial charge in [-0.1, -0.05) is 24.3 Å². The number of benzene rings is 2. The van der Waals surface area contributed by atoms with E-state index in [0.717, 1.165) is 6.42 Å². The zero-order valence-corrected chi connectivity index (χ0v) is 13.1. The number of hydrogen-bond acceptors (Lipinski definition) is 3. The molecule has 5 heteroatoms. The Labute approximate surface area is 134 Å². The highest BCUT2D eigenvalue weighted by Gasteiger charge is 2.27. The lowest BCUT2D eigenvalue weighted by Gasteiger charge is -2.30. The fraction of sp³-hybridized carbons (Fsp3) is 0.278. The zero-order chi connectivity index (χ0) is 16.4. The molecule has 2 aromatic rings. The zero-order valence-electron chi connectivity index (χ0n) is 13.1. The lowest BCUT2D eigenvalue weighted by atomic mass is 9.77. The van der Waals surface area contributed by atoms with Crippen LogP contribution in [0.5, 0.6) is 11.5 Å². The number of carbonyl (C=O) groups excluding carboxylic acids is 1. The van der Waals surface area contributed by atoms with Crippen molar-refractivity contribution in [3.63, 3.8) is 0 Å². The average molecular weight is 315 g/mol. The summed E-state index contributed by atoms with van der Waals surface area (Å²) in [6.45, 7) is 0.468. The molecule has 1 atom stereocenters. The van der Waals surface area contributed by atoms with E-state index in [1.165, 1.54) is 37.5 Å². The van der Waals surface area contributed by atoms with Gasteiger partial charge >= 0.3 is 0 Å². The summed E-state index contributed by atoms with van der Waals surface area (Å²) in [5.74, 6) is -0.418. The summed E-state index contributed by atoms with van der Waals surface area (Å²) in [6.07, 6.45) is 0.925. The highest BCUT2D eigenvalue weighted by atomic mass is 19.1. The van der Waals surface area contributed by atoms with E-state index < -0.39 is 11.7 Å². The molecule has 0 fully saturated rings. The number of halogens is 1. The molecular weight excluding hydrogens is 297 g/mol. The third-order valence-electron chi connectivity index (χ3n) is 4.19. The molecule has 0 radical (unpaired) electrons. The van der Waals surface area contributed by atoms with Crippen LogP contribution in [0.4, 0.5) is 4.39 Å². The molecule has 0 bridgehead atoms. The summed E-state index contributed by atoms with van der Waals surface area (Å²) in [5, 5.41) is 2.79. The molecule has 0 saturated carbocycles. The third-order valence-corrected chi connectivity index (χ3v) is 4.19. The van der Waals surface area contributed by atoms with Crippen molar-refractivity contribution in [3.05, 3.63) is 58.9 Å². The van der Waals surface area contributed by atoms with Crippen LogP contribution in [0.25, 0.3) is 0 Å². The van der Waals surface area contributed by atoms with Gasteiger partial charge in [-0.05, 0) is 29.7 Å². The average Bonchev–Trinajstić information content (AvgIpc) is 2.55. The number of fused-ring (bicyclic) bond motifs is 1. The van der Waals surface area contributed by atoms with E-state index >= 15 is 0 Å². The minimum Gasteiger partial charge on any atom is -0.493 e. The Morgan fingerprint density at radius 1 is 1.22 bits per heavy atom. The fourth-order valence-corrected chi connectivity index (χ4v) is 2.96. The van der Waals surface area contributed by atoms with Crippen LogP contribution in [0, 0.1) is 5.82 Å². The Bertz CT molecular complexity index is 745. The summed E-state index contributed by atoms with van der Waals surface area (Å²) in [6, 6.07) is 10.8. The molecule has 120 valence electrons. The number of methoxy groups -OCH3 is 2. The van der Waals surface area contributed by atoms with Crippen LogP contribution >= 0.6 is 0 Å². The molecule has 4 nitrogen and oxygen atoms in total. The van der Waals surface area contributed by atoms with Gasteiger partial charge < -0.3 is 14.8 Å². The van der Waals surface area contributed by atoms with Crippen LogP contribution in [0.2, 0.25) is 0 Å². The van der Waals surface area contributed by atoms with E-state index in [9.17, 15) is 9.18 Å². The number of rotatable bonds is 5. The summed E-state index contributed by atoms with van der Waals surface area (Å²) in [7, 11) is 2.83. The predicted octanol–water partition coefficient (Wildman–Crippen LogP) is 2.91. The van der Waals surface area contributed by atoms with Crippen molar-refractivity contribution in [2.45, 2.75) is 12.3 Å². The molecule has 23 heavy (non-hydrogen) atoms. The number of carbonyl (C=O) groups is 1. The van der Waals surface area contributed by atoms with Gasteiger partial charge in [0.15, 0.2) is 11.5 Å². The van der Waals surface area contributed by atoms with Crippen molar-refractivity contribution in [1.82, 2.24) is 5.32 Å². The number of ether oxygens (including phenoxy) is 2. The van der Waals surface area contributed by atoms with Gasteiger partial charge in [-0.2, -0.15) is 0 Å². The molecule has 0 spiro atoms. The van der Waals surface area contributed by atoms with Gasteiger partial charge in [-0.15, -0.1) is 0 Å². The van der Waals surface area contributed by atoms with Crippen molar-refractivity contribution < 1.29 is 18.7 Å². The van der Waals surface area contributed by atoms with Crippen molar-refractivity contribution in [1.29, 1.82) is 0 Å². The number of amides is 1. The maximum absolute atomic E-state index is 14.1. The maximum Gasteiger partial charge on any atom is 0.258 e. The van der Waals surface area contributed by atoms with Gasteiger partial charge in [0.05, 0.1) is 14.2 Å². The molecule has 1 aliphatic carbocycles. The molecule has 1 aliphatic rings. The standard InChI is InChI=1S/C18H18FNO3/c1-22-15-8-7-14(19)16(17(15)23-2)18(21)20-10-12-9-11-5-3-4-6-13(11)12/h3-8,12H,9-10H2,1-2H3,(H,20,21)/t12-/m0/s1. The smallest absolute Gasteiger partial charge is 0.258 e. The Hall–Kier alpha value is -2.56. The lowest BCUT2D eigenvalue weighted by Crippen LogP contribution is -2.33. The van der Waals surface area contributed by atoms with Crippen molar-refractivity contribution in [3.8, 4) is 11.5 Å². The first kappa shape index (κ1) is 15.3. The third kappa shape index (κ3) is 2.74. The minimum atomic E-state index is -0.630. The van der Waals surface area contributed by atoms with Crippen LogP contribution < -0.4 is 14.8 Å². The second-order valence-corrected chi connectivity index (χ2v) is 5.47. The molecule has 0 aromatic heterocycles. The van der Waals surface area contributed by atoms with E-state index in [1.807, 2.05) is 12.1 Å². The van der Waals surface area contributed by atoms with Crippen molar-refractivity contribution in [2.24, 2.45) is 0 Å². The molecule has 2 aromatic carbocycles. The SMILES string of the molecule is COc1ccc(F)c(C(=O)NC[C@@H]2Cc3ccccc32)c1OC. The molecule has 3 rings (SSSR count).